The summed E-state index contributed by atoms with van der Waals surface area (Å²) in [6.07, 6.45) is -0.871. The van der Waals surface area contributed by atoms with Crippen molar-refractivity contribution in [1.82, 2.24) is 0 Å². The van der Waals surface area contributed by atoms with Crippen molar-refractivity contribution in [2.75, 3.05) is 16.6 Å². The smallest absolute Gasteiger partial charge is 0.307 e. The number of hydrogen-bond acceptors (Lipinski definition) is 7. The zero-order valence-electron chi connectivity index (χ0n) is 18.8. The van der Waals surface area contributed by atoms with Crippen LogP contribution in [0, 0.1) is 0 Å². The Hall–Kier alpha value is -4.10. The Morgan fingerprint density at radius 1 is 0.750 bits per heavy atom. The van der Waals surface area contributed by atoms with Crippen molar-refractivity contribution >= 4 is 43.4 Å². The van der Waals surface area contributed by atoms with E-state index in [-0.39, 0.29) is 28.3 Å². The van der Waals surface area contributed by atoms with E-state index >= 15 is 0 Å². The van der Waals surface area contributed by atoms with Crippen LogP contribution in [0.1, 0.15) is 11.1 Å². The molecule has 0 atom stereocenters. The number of carboxylic acid groups (broad SMARTS) is 2. The van der Waals surface area contributed by atoms with Crippen molar-refractivity contribution in [3.05, 3.63) is 77.9 Å². The summed E-state index contributed by atoms with van der Waals surface area (Å²) in [6, 6.07) is 15.0. The van der Waals surface area contributed by atoms with Gasteiger partial charge in [0, 0.05) is 0 Å². The molecule has 0 aliphatic heterocycles. The van der Waals surface area contributed by atoms with Crippen LogP contribution in [0.4, 0.5) is 11.4 Å². The molecule has 13 heteroatoms. The Labute approximate surface area is 207 Å². The highest BCUT2D eigenvalue weighted by Crippen LogP contribution is 2.31. The molecule has 0 amide bonds. The van der Waals surface area contributed by atoms with E-state index in [0.717, 1.165) is 18.2 Å². The average Bonchev–Trinajstić information content (AvgIpc) is 2.80. The number of anilines is 2. The molecule has 0 aliphatic rings. The number of aliphatic carboxylic acids is 2. The van der Waals surface area contributed by atoms with Crippen LogP contribution in [0.3, 0.4) is 0 Å². The van der Waals surface area contributed by atoms with E-state index in [1.165, 1.54) is 43.5 Å². The van der Waals surface area contributed by atoms with Gasteiger partial charge in [-0.25, -0.2) is 16.8 Å². The van der Waals surface area contributed by atoms with Gasteiger partial charge < -0.3 is 14.9 Å². The van der Waals surface area contributed by atoms with Crippen LogP contribution in [0.25, 0.3) is 0 Å². The topological polar surface area (TPSA) is 176 Å². The molecular weight excluding hydrogens is 512 g/mol. The number of para-hydroxylation sites is 2. The van der Waals surface area contributed by atoms with E-state index in [4.69, 9.17) is 14.9 Å². The third-order valence-corrected chi connectivity index (χ3v) is 7.69. The Balaban J connectivity index is 2.01. The van der Waals surface area contributed by atoms with Gasteiger partial charge in [-0.1, -0.05) is 36.4 Å². The van der Waals surface area contributed by atoms with Crippen LogP contribution in [0.5, 0.6) is 5.75 Å². The molecule has 0 heterocycles. The zero-order valence-corrected chi connectivity index (χ0v) is 20.5. The number of rotatable bonds is 11. The second-order valence-electron chi connectivity index (χ2n) is 7.48. The molecular formula is C23H22N2O9S2. The van der Waals surface area contributed by atoms with Gasteiger partial charge in [-0.3, -0.25) is 19.0 Å². The number of ether oxygens (including phenoxy) is 1. The lowest BCUT2D eigenvalue weighted by atomic mass is 10.1. The van der Waals surface area contributed by atoms with E-state index in [1.54, 1.807) is 12.1 Å². The molecule has 0 aromatic heterocycles. The van der Waals surface area contributed by atoms with E-state index in [0.29, 0.717) is 0 Å². The van der Waals surface area contributed by atoms with Crippen LogP contribution in [-0.4, -0.2) is 46.1 Å². The Morgan fingerprint density at radius 3 is 1.69 bits per heavy atom. The first-order chi connectivity index (χ1) is 16.9. The number of carbonyl (C=O) groups is 2. The predicted molar refractivity (Wildman–Crippen MR) is 130 cm³/mol. The van der Waals surface area contributed by atoms with E-state index in [2.05, 4.69) is 9.44 Å². The largest absolute Gasteiger partial charge is 0.495 e. The van der Waals surface area contributed by atoms with E-state index in [1.807, 2.05) is 0 Å². The number of methoxy groups -OCH3 is 1. The first-order valence-electron chi connectivity index (χ1n) is 10.3. The molecule has 36 heavy (non-hydrogen) atoms. The number of benzene rings is 3. The minimum absolute atomic E-state index is 0.0101. The molecule has 3 aromatic carbocycles. The van der Waals surface area contributed by atoms with Crippen molar-refractivity contribution in [2.24, 2.45) is 0 Å². The van der Waals surface area contributed by atoms with Crippen LogP contribution < -0.4 is 14.2 Å². The molecule has 3 aromatic rings. The summed E-state index contributed by atoms with van der Waals surface area (Å²) in [4.78, 5) is 21.3. The highest BCUT2D eigenvalue weighted by Gasteiger charge is 2.26. The molecule has 3 rings (SSSR count). The maximum absolute atomic E-state index is 13.2. The van der Waals surface area contributed by atoms with Crippen molar-refractivity contribution in [3.63, 3.8) is 0 Å². The standard InChI is InChI=1S/C23H22N2O9S2/c1-34-20-11-10-17(35(30,31)24-18-8-4-2-6-15(18)12-22(26)27)14-21(20)36(32,33)25-19-9-5-3-7-16(19)13-23(28)29/h2-11,14,24-25H,12-13H2,1H3,(H,26,27)(H,28,29). The number of nitrogens with one attached hydrogen (secondary N) is 2. The second kappa shape index (κ2) is 10.7. The molecule has 0 saturated carbocycles. The quantitative estimate of drug-likeness (QED) is 0.288. The summed E-state index contributed by atoms with van der Waals surface area (Å²) < 4.78 is 62.3. The Morgan fingerprint density at radius 2 is 1.22 bits per heavy atom. The van der Waals surface area contributed by atoms with Gasteiger partial charge in [-0.2, -0.15) is 0 Å². The Kier molecular flexibility index (Phi) is 7.85. The van der Waals surface area contributed by atoms with Gasteiger partial charge in [0.15, 0.2) is 0 Å². The number of sulfonamides is 2. The fraction of sp³-hybridized carbons (Fsp3) is 0.130. The van der Waals surface area contributed by atoms with E-state index < -0.39 is 54.6 Å². The van der Waals surface area contributed by atoms with Gasteiger partial charge in [0.25, 0.3) is 20.0 Å². The summed E-state index contributed by atoms with van der Waals surface area (Å²) in [5.41, 5.74) is 0.455. The highest BCUT2D eigenvalue weighted by molar-refractivity contribution is 7.93. The average molecular weight is 535 g/mol. The Bertz CT molecular complexity index is 1520. The van der Waals surface area contributed by atoms with Crippen LogP contribution in [-0.2, 0) is 42.5 Å². The van der Waals surface area contributed by atoms with Gasteiger partial charge >= 0.3 is 11.9 Å². The molecule has 0 bridgehead atoms. The summed E-state index contributed by atoms with van der Waals surface area (Å²) in [7, 11) is -7.57. The lowest BCUT2D eigenvalue weighted by Crippen LogP contribution is -2.18. The number of carboxylic acids is 2. The zero-order chi connectivity index (χ0) is 26.5. The third-order valence-electron chi connectivity index (χ3n) is 4.94. The SMILES string of the molecule is COc1ccc(S(=O)(=O)Nc2ccccc2CC(=O)O)cc1S(=O)(=O)Nc1ccccc1CC(=O)O. The lowest BCUT2D eigenvalue weighted by molar-refractivity contribution is -0.137. The van der Waals surface area contributed by atoms with Crippen molar-refractivity contribution in [3.8, 4) is 5.75 Å². The van der Waals surface area contributed by atoms with Gasteiger partial charge in [-0.05, 0) is 41.5 Å². The van der Waals surface area contributed by atoms with Crippen molar-refractivity contribution < 1.29 is 41.4 Å². The fourth-order valence-corrected chi connectivity index (χ4v) is 5.81. The van der Waals surface area contributed by atoms with Gasteiger partial charge in [-0.15, -0.1) is 0 Å². The molecule has 0 unspecified atom stereocenters. The number of hydrogen-bond donors (Lipinski definition) is 4. The molecule has 0 spiro atoms. The first-order valence-corrected chi connectivity index (χ1v) is 13.2. The highest BCUT2D eigenvalue weighted by atomic mass is 32.2. The van der Waals surface area contributed by atoms with Crippen molar-refractivity contribution in [2.45, 2.75) is 22.6 Å². The molecule has 0 fully saturated rings. The molecule has 0 aliphatic carbocycles. The first kappa shape index (κ1) is 26.5. The fourth-order valence-electron chi connectivity index (χ4n) is 3.31. The third kappa shape index (κ3) is 6.31. The molecule has 4 N–H and O–H groups in total. The van der Waals surface area contributed by atoms with Crippen LogP contribution in [0.15, 0.2) is 76.5 Å². The summed E-state index contributed by atoms with van der Waals surface area (Å²) >= 11 is 0. The molecule has 0 radical (unpaired) electrons. The van der Waals surface area contributed by atoms with Gasteiger partial charge in [0.05, 0.1) is 36.2 Å². The van der Waals surface area contributed by atoms with Crippen molar-refractivity contribution in [1.29, 1.82) is 0 Å². The monoisotopic (exact) mass is 534 g/mol. The second-order valence-corrected chi connectivity index (χ2v) is 10.8. The van der Waals surface area contributed by atoms with Gasteiger partial charge in [0.2, 0.25) is 0 Å². The maximum atomic E-state index is 13.2. The molecule has 11 nitrogen and oxygen atoms in total. The van der Waals surface area contributed by atoms with E-state index in [9.17, 15) is 26.4 Å². The summed E-state index contributed by atoms with van der Waals surface area (Å²) in [6.45, 7) is 0. The normalized spacial score (nSPS) is 11.5. The molecule has 0 saturated heterocycles. The van der Waals surface area contributed by atoms with Crippen LogP contribution >= 0.6 is 0 Å². The minimum Gasteiger partial charge on any atom is -0.495 e. The minimum atomic E-state index is -4.43. The summed E-state index contributed by atoms with van der Waals surface area (Å²) in [5.74, 6) is -2.47. The maximum Gasteiger partial charge on any atom is 0.307 e. The molecule has 190 valence electrons. The lowest BCUT2D eigenvalue weighted by Gasteiger charge is -2.16. The van der Waals surface area contributed by atoms with Crippen LogP contribution in [0.2, 0.25) is 0 Å². The summed E-state index contributed by atoms with van der Waals surface area (Å²) in [5, 5.41) is 18.2. The predicted octanol–water partition coefficient (Wildman–Crippen LogP) is 2.55. The van der Waals surface area contributed by atoms with Gasteiger partial charge in [0.1, 0.15) is 10.6 Å².